The number of benzene rings is 1. The van der Waals surface area contributed by atoms with E-state index in [4.69, 9.17) is 27.1 Å². The Morgan fingerprint density at radius 3 is 2.51 bits per heavy atom. The maximum absolute atomic E-state index is 15.8. The van der Waals surface area contributed by atoms with Gasteiger partial charge in [-0.25, -0.2) is 14.4 Å². The summed E-state index contributed by atoms with van der Waals surface area (Å²) in [5.74, 6) is 0.449. The minimum Gasteiger partial charge on any atom is -0.490 e. The third-order valence-corrected chi connectivity index (χ3v) is 9.13. The Hall–Kier alpha value is -2.60. The summed E-state index contributed by atoms with van der Waals surface area (Å²) >= 11 is 6.47. The van der Waals surface area contributed by atoms with Crippen LogP contribution in [0.5, 0.6) is 5.75 Å². The highest BCUT2D eigenvalue weighted by atomic mass is 35.5. The lowest BCUT2D eigenvalue weighted by Gasteiger charge is -2.37. The third kappa shape index (κ3) is 6.60. The van der Waals surface area contributed by atoms with Crippen molar-refractivity contribution in [3.8, 4) is 5.75 Å². The summed E-state index contributed by atoms with van der Waals surface area (Å²) in [4.78, 5) is 27.9. The molecule has 0 bridgehead atoms. The largest absolute Gasteiger partial charge is 0.490 e. The van der Waals surface area contributed by atoms with E-state index in [9.17, 15) is 4.79 Å². The predicted molar refractivity (Wildman–Crippen MR) is 172 cm³/mol. The quantitative estimate of drug-likeness (QED) is 0.333. The molecule has 0 spiro atoms. The average molecular weight is 632 g/mol. The smallest absolute Gasteiger partial charge is 0.258 e. The maximum Gasteiger partial charge on any atom is 0.258 e. The molecular weight excluding hydrogens is 589 g/mol. The molecule has 3 N–H and O–H groups in total. The van der Waals surface area contributed by atoms with Crippen LogP contribution in [0.15, 0.2) is 18.5 Å². The van der Waals surface area contributed by atoms with Crippen molar-refractivity contribution < 1.29 is 13.9 Å². The molecule has 1 atom stereocenters. The zero-order valence-electron chi connectivity index (χ0n) is 25.4. The first kappa shape index (κ1) is 31.8. The van der Waals surface area contributed by atoms with E-state index >= 15 is 4.39 Å². The molecule has 1 saturated heterocycles. The summed E-state index contributed by atoms with van der Waals surface area (Å²) in [5, 5.41) is 3.06. The van der Waals surface area contributed by atoms with Crippen molar-refractivity contribution >= 4 is 42.3 Å². The van der Waals surface area contributed by atoms with Crippen molar-refractivity contribution in [1.82, 2.24) is 29.5 Å². The van der Waals surface area contributed by atoms with Gasteiger partial charge in [-0.1, -0.05) is 18.5 Å². The molecule has 0 unspecified atom stereocenters. The van der Waals surface area contributed by atoms with Crippen molar-refractivity contribution in [2.75, 3.05) is 45.0 Å². The van der Waals surface area contributed by atoms with Gasteiger partial charge in [-0.2, -0.15) is 13.5 Å². The molecule has 2 aromatic heterocycles. The van der Waals surface area contributed by atoms with E-state index in [-0.39, 0.29) is 41.5 Å². The first-order chi connectivity index (χ1) is 20.0. The molecule has 2 saturated carbocycles. The molecular formula is C31H43ClFN7O2S. The Kier molecular flexibility index (Phi) is 9.19. The molecule has 3 heterocycles. The molecule has 0 radical (unpaired) electrons. The van der Waals surface area contributed by atoms with Crippen molar-refractivity contribution in [3.05, 3.63) is 51.9 Å². The first-order valence-corrected chi connectivity index (χ1v) is 15.5. The number of piperazine rings is 1. The van der Waals surface area contributed by atoms with Gasteiger partial charge in [-0.3, -0.25) is 14.1 Å². The molecule has 3 aliphatic rings. The van der Waals surface area contributed by atoms with Crippen LogP contribution in [0.3, 0.4) is 0 Å². The Bertz CT molecular complexity index is 1500. The molecule has 43 heavy (non-hydrogen) atoms. The van der Waals surface area contributed by atoms with Crippen LogP contribution >= 0.6 is 25.1 Å². The number of hydrogen-bond donors (Lipinski definition) is 2. The topological polar surface area (TPSA) is 101 Å². The zero-order valence-corrected chi connectivity index (χ0v) is 27.2. The number of halogens is 2. The second kappa shape index (κ2) is 12.4. The van der Waals surface area contributed by atoms with Crippen molar-refractivity contribution in [2.45, 2.75) is 70.9 Å². The number of anilines is 1. The van der Waals surface area contributed by atoms with Gasteiger partial charge in [0.05, 0.1) is 22.4 Å². The summed E-state index contributed by atoms with van der Waals surface area (Å²) in [7, 11) is 0. The highest BCUT2D eigenvalue weighted by molar-refractivity contribution is 7.59. The fourth-order valence-electron chi connectivity index (χ4n) is 6.23. The third-order valence-electron chi connectivity index (χ3n) is 8.86. The van der Waals surface area contributed by atoms with Crippen LogP contribution in [-0.2, 0) is 0 Å². The average Bonchev–Trinajstić information content (AvgIpc) is 3.87. The number of hydrogen-bond acceptors (Lipinski definition) is 7. The van der Waals surface area contributed by atoms with Gasteiger partial charge in [0.15, 0.2) is 5.82 Å². The van der Waals surface area contributed by atoms with Crippen molar-refractivity contribution in [1.29, 1.82) is 0 Å². The molecule has 6 rings (SSSR count). The maximum atomic E-state index is 15.8. The Morgan fingerprint density at radius 2 is 1.88 bits per heavy atom. The van der Waals surface area contributed by atoms with Gasteiger partial charge in [0.25, 0.3) is 5.91 Å². The highest BCUT2D eigenvalue weighted by Crippen LogP contribution is 2.42. The molecule has 3 fully saturated rings. The second-order valence-electron chi connectivity index (χ2n) is 12.7. The Labute approximate surface area is 264 Å². The van der Waals surface area contributed by atoms with E-state index in [1.165, 1.54) is 19.4 Å². The normalized spacial score (nSPS) is 19.3. The fourth-order valence-corrected chi connectivity index (χ4v) is 6.44. The van der Waals surface area contributed by atoms with E-state index in [0.29, 0.717) is 22.7 Å². The van der Waals surface area contributed by atoms with Crippen molar-refractivity contribution in [2.24, 2.45) is 5.92 Å². The molecule has 234 valence electrons. The number of nitrogens with zero attached hydrogens (tertiary/aromatic N) is 5. The molecule has 1 aliphatic heterocycles. The van der Waals surface area contributed by atoms with Crippen LogP contribution < -0.4 is 15.8 Å². The highest BCUT2D eigenvalue weighted by Gasteiger charge is 2.46. The van der Waals surface area contributed by atoms with Crippen LogP contribution in [0.4, 0.5) is 10.2 Å². The number of carbonyl (C=O) groups excluding carboxylic acids is 1. The lowest BCUT2D eigenvalue weighted by Crippen LogP contribution is -2.53. The fraction of sp³-hybridized carbons (Fsp3) is 0.581. The van der Waals surface area contributed by atoms with Crippen LogP contribution in [0.25, 0.3) is 5.52 Å². The summed E-state index contributed by atoms with van der Waals surface area (Å²) in [6.45, 7) is 13.6. The van der Waals surface area contributed by atoms with Gasteiger partial charge in [-0.05, 0) is 58.4 Å². The Morgan fingerprint density at radius 1 is 1.21 bits per heavy atom. The molecule has 9 nitrogen and oxygen atoms in total. The molecule has 12 heteroatoms. The number of rotatable bonds is 10. The summed E-state index contributed by atoms with van der Waals surface area (Å²) in [6, 6.07) is 1.55. The number of fused-ring (bicyclic) bond motifs is 1. The number of ether oxygens (including phenoxy) is 1. The van der Waals surface area contributed by atoms with E-state index in [0.717, 1.165) is 57.2 Å². The van der Waals surface area contributed by atoms with Crippen LogP contribution in [0.2, 0.25) is 5.02 Å². The monoisotopic (exact) mass is 631 g/mol. The molecule has 3 aromatic rings. The SMILES string of the molecule is Cc1nc([C@@H](C)c2cc(Cl)c(F)c(C(=O)NC3(CN4CCN(CC5CC5)CC4)CC3)c2OC(C)C)n2ccnc(N)c12.S. The van der Waals surface area contributed by atoms with E-state index in [1.54, 1.807) is 18.5 Å². The zero-order chi connectivity index (χ0) is 29.8. The molecule has 2 aliphatic carbocycles. The predicted octanol–water partition coefficient (Wildman–Crippen LogP) is 4.75. The lowest BCUT2D eigenvalue weighted by atomic mass is 9.95. The standard InChI is InChI=1S/C31H41ClFN7O2.H2S/c1-18(2)42-27-22(19(3)29-36-20(4)26-28(34)35-9-10-40(26)29)15-23(32)25(33)24(27)30(41)37-31(7-8-31)17-39-13-11-38(12-14-39)16-21-5-6-21;/h9-10,15,18-19,21H,5-8,11-14,16-17H2,1-4H3,(H2,34,35)(H,37,41);1H2/t19-;/m0./s1. The number of nitrogens with one attached hydrogen (secondary N) is 1. The van der Waals surface area contributed by atoms with Gasteiger partial charge >= 0.3 is 0 Å². The number of imidazole rings is 1. The van der Waals surface area contributed by atoms with Crippen LogP contribution in [0.1, 0.15) is 79.8 Å². The number of amides is 1. The first-order valence-electron chi connectivity index (χ1n) is 15.1. The summed E-state index contributed by atoms with van der Waals surface area (Å²) < 4.78 is 23.9. The van der Waals surface area contributed by atoms with Crippen LogP contribution in [-0.4, -0.2) is 81.0 Å². The van der Waals surface area contributed by atoms with E-state index in [2.05, 4.69) is 20.1 Å². The lowest BCUT2D eigenvalue weighted by molar-refractivity contribution is 0.0869. The number of carbonyl (C=O) groups is 1. The van der Waals surface area contributed by atoms with Gasteiger partial charge < -0.3 is 20.7 Å². The van der Waals surface area contributed by atoms with Crippen LogP contribution in [0, 0.1) is 18.7 Å². The van der Waals surface area contributed by atoms with E-state index < -0.39 is 17.6 Å². The van der Waals surface area contributed by atoms with Gasteiger partial charge in [0.2, 0.25) is 0 Å². The minimum absolute atomic E-state index is 0. The van der Waals surface area contributed by atoms with Gasteiger partial charge in [0.1, 0.15) is 28.5 Å². The van der Waals surface area contributed by atoms with Crippen molar-refractivity contribution in [3.63, 3.8) is 0 Å². The van der Waals surface area contributed by atoms with Gasteiger partial charge in [-0.15, -0.1) is 0 Å². The Balaban J connectivity index is 0.00000368. The molecule has 1 aromatic carbocycles. The summed E-state index contributed by atoms with van der Waals surface area (Å²) in [6.07, 6.45) is 7.56. The summed E-state index contributed by atoms with van der Waals surface area (Å²) in [5.41, 5.74) is 7.64. The number of aryl methyl sites for hydroxylation is 1. The minimum atomic E-state index is -0.775. The second-order valence-corrected chi connectivity index (χ2v) is 13.1. The van der Waals surface area contributed by atoms with E-state index in [1.807, 2.05) is 32.1 Å². The number of aromatic nitrogens is 3. The number of nitrogen functional groups attached to an aromatic ring is 1. The molecule has 1 amide bonds. The van der Waals surface area contributed by atoms with Gasteiger partial charge in [0, 0.05) is 63.1 Å². The number of nitrogens with two attached hydrogens (primary N) is 1.